The van der Waals surface area contributed by atoms with E-state index in [9.17, 15) is 4.79 Å². The minimum atomic E-state index is -0.448. The van der Waals surface area contributed by atoms with Crippen LogP contribution in [0.1, 0.15) is 41.9 Å². The second kappa shape index (κ2) is 12.3. The Hall–Kier alpha value is -4.07. The first-order chi connectivity index (χ1) is 21.1. The lowest BCUT2D eigenvalue weighted by Gasteiger charge is -2.38. The van der Waals surface area contributed by atoms with Crippen LogP contribution in [0.4, 0.5) is 11.7 Å². The molecule has 43 heavy (non-hydrogen) atoms. The van der Waals surface area contributed by atoms with E-state index >= 15 is 0 Å². The second-order valence-corrected chi connectivity index (χ2v) is 11.1. The van der Waals surface area contributed by atoms with E-state index in [1.807, 2.05) is 17.9 Å². The van der Waals surface area contributed by atoms with Gasteiger partial charge in [-0.05, 0) is 44.7 Å². The van der Waals surface area contributed by atoms with Crippen molar-refractivity contribution in [1.82, 2.24) is 24.8 Å². The van der Waals surface area contributed by atoms with Crippen molar-refractivity contribution in [3.63, 3.8) is 0 Å². The highest BCUT2D eigenvalue weighted by Crippen LogP contribution is 2.34. The lowest BCUT2D eigenvalue weighted by Crippen LogP contribution is -2.46. The number of carbonyl (C=O) groups excluding carboxylic acids is 1. The maximum Gasteiger partial charge on any atom is 0.300 e. The van der Waals surface area contributed by atoms with E-state index in [0.29, 0.717) is 67.0 Å². The summed E-state index contributed by atoms with van der Waals surface area (Å²) in [6, 6.07) is 6.37. The van der Waals surface area contributed by atoms with Crippen LogP contribution in [0.15, 0.2) is 39.5 Å². The van der Waals surface area contributed by atoms with Gasteiger partial charge in [0.1, 0.15) is 18.1 Å². The van der Waals surface area contributed by atoms with Crippen LogP contribution in [0.3, 0.4) is 0 Å². The monoisotopic (exact) mass is 589 g/mol. The molecule has 1 aliphatic carbocycles. The first kappa shape index (κ1) is 27.7. The molecule has 0 aromatic carbocycles. The van der Waals surface area contributed by atoms with Crippen molar-refractivity contribution < 1.29 is 27.8 Å². The molecule has 2 aliphatic heterocycles. The van der Waals surface area contributed by atoms with Gasteiger partial charge in [-0.15, -0.1) is 0 Å². The van der Waals surface area contributed by atoms with Crippen LogP contribution in [-0.4, -0.2) is 95.5 Å². The van der Waals surface area contributed by atoms with E-state index in [4.69, 9.17) is 28.0 Å². The molecule has 226 valence electrons. The van der Waals surface area contributed by atoms with Gasteiger partial charge in [-0.1, -0.05) is 0 Å². The number of pyridine rings is 2. The number of aromatic nitrogens is 4. The molecular formula is C30H35N7O6. The number of nitrogens with one attached hydrogen (secondary N) is 1. The van der Waals surface area contributed by atoms with Gasteiger partial charge in [0.15, 0.2) is 11.3 Å². The van der Waals surface area contributed by atoms with E-state index in [-0.39, 0.29) is 11.8 Å². The van der Waals surface area contributed by atoms with Crippen LogP contribution in [-0.2, 0) is 9.47 Å². The fraction of sp³-hybridized carbons (Fsp3) is 0.500. The highest BCUT2D eigenvalue weighted by molar-refractivity contribution is 6.04. The highest BCUT2D eigenvalue weighted by atomic mass is 16.5. The standard InChI is InChI=1S/C30H35N7O6/c1-19-16-20(6-7-31-19)28-33-24(18-41-28)27(38)32-23-17-25-26(35-30(43-25)37-10-14-40-15-11-37)34-29(23)42-22-4-2-21(3-5-22)36-8-12-39-13-9-36/h6-7,16-18,21-22H,2-5,8-15H2,1H3,(H,32,38)/t21-,22-. The van der Waals surface area contributed by atoms with Gasteiger partial charge in [0.05, 0.1) is 26.4 Å². The minimum absolute atomic E-state index is 0.0305. The summed E-state index contributed by atoms with van der Waals surface area (Å²) in [6.07, 6.45) is 6.85. The second-order valence-electron chi connectivity index (χ2n) is 11.1. The molecule has 2 saturated heterocycles. The van der Waals surface area contributed by atoms with Gasteiger partial charge in [0, 0.05) is 55.7 Å². The fourth-order valence-corrected chi connectivity index (χ4v) is 5.91. The molecule has 3 aliphatic rings. The zero-order valence-corrected chi connectivity index (χ0v) is 24.2. The Morgan fingerprint density at radius 1 is 0.977 bits per heavy atom. The summed E-state index contributed by atoms with van der Waals surface area (Å²) in [7, 11) is 0. The van der Waals surface area contributed by atoms with Crippen molar-refractivity contribution in [3.8, 4) is 17.3 Å². The van der Waals surface area contributed by atoms with Gasteiger partial charge >= 0.3 is 0 Å². The molecule has 4 aromatic rings. The summed E-state index contributed by atoms with van der Waals surface area (Å²) in [5, 5.41) is 2.93. The number of ether oxygens (including phenoxy) is 3. The molecule has 1 saturated carbocycles. The van der Waals surface area contributed by atoms with Gasteiger partial charge in [-0.25, -0.2) is 4.98 Å². The van der Waals surface area contributed by atoms with E-state index in [2.05, 4.69) is 25.2 Å². The Morgan fingerprint density at radius 3 is 2.51 bits per heavy atom. The first-order valence-corrected chi connectivity index (χ1v) is 14.9. The number of morpholine rings is 2. The molecule has 3 fully saturated rings. The predicted molar refractivity (Wildman–Crippen MR) is 156 cm³/mol. The molecule has 0 unspecified atom stereocenters. The number of aryl methyl sites for hydroxylation is 1. The highest BCUT2D eigenvalue weighted by Gasteiger charge is 2.29. The Morgan fingerprint density at radius 2 is 1.74 bits per heavy atom. The third-order valence-electron chi connectivity index (χ3n) is 8.23. The molecule has 13 heteroatoms. The number of amides is 1. The lowest BCUT2D eigenvalue weighted by atomic mass is 9.91. The maximum atomic E-state index is 13.4. The third kappa shape index (κ3) is 6.19. The summed E-state index contributed by atoms with van der Waals surface area (Å²) in [6.45, 7) is 8.00. The minimum Gasteiger partial charge on any atom is -0.473 e. The normalized spacial score (nSPS) is 21.7. The molecule has 7 rings (SSSR count). The lowest BCUT2D eigenvalue weighted by molar-refractivity contribution is -0.00130. The number of hydrogen-bond donors (Lipinski definition) is 1. The first-order valence-electron chi connectivity index (χ1n) is 14.9. The quantitative estimate of drug-likeness (QED) is 0.336. The number of fused-ring (bicyclic) bond motifs is 1. The summed E-state index contributed by atoms with van der Waals surface area (Å²) in [5.41, 5.74) is 2.96. The molecule has 4 aromatic heterocycles. The molecule has 0 atom stereocenters. The van der Waals surface area contributed by atoms with Crippen molar-refractivity contribution in [3.05, 3.63) is 42.0 Å². The van der Waals surface area contributed by atoms with E-state index < -0.39 is 5.91 Å². The summed E-state index contributed by atoms with van der Waals surface area (Å²) in [5.74, 6) is 0.199. The Labute approximate surface area is 248 Å². The van der Waals surface area contributed by atoms with Gasteiger partial charge in [0.2, 0.25) is 17.4 Å². The van der Waals surface area contributed by atoms with Crippen molar-refractivity contribution >= 4 is 28.8 Å². The SMILES string of the molecule is Cc1cc(-c2nc(C(=O)Nc3cc4oc(N5CCOCC5)nc4nc3O[C@H]3CC[C@H](N4CCOCC4)CC3)co2)ccn1. The van der Waals surface area contributed by atoms with Crippen molar-refractivity contribution in [2.24, 2.45) is 0 Å². The predicted octanol–water partition coefficient (Wildman–Crippen LogP) is 3.69. The Balaban J connectivity index is 1.12. The average molecular weight is 590 g/mol. The Bertz CT molecular complexity index is 1570. The summed E-state index contributed by atoms with van der Waals surface area (Å²) >= 11 is 0. The molecule has 1 N–H and O–H groups in total. The topological polar surface area (TPSA) is 141 Å². The number of hydrogen-bond acceptors (Lipinski definition) is 12. The number of rotatable bonds is 7. The maximum absolute atomic E-state index is 13.4. The van der Waals surface area contributed by atoms with Crippen LogP contribution in [0.2, 0.25) is 0 Å². The molecule has 0 radical (unpaired) electrons. The van der Waals surface area contributed by atoms with Crippen LogP contribution in [0.25, 0.3) is 22.7 Å². The number of anilines is 2. The largest absolute Gasteiger partial charge is 0.473 e. The zero-order chi connectivity index (χ0) is 29.2. The third-order valence-corrected chi connectivity index (χ3v) is 8.23. The number of oxazole rings is 2. The van der Waals surface area contributed by atoms with E-state index in [1.165, 1.54) is 6.26 Å². The summed E-state index contributed by atoms with van der Waals surface area (Å²) < 4.78 is 29.2. The van der Waals surface area contributed by atoms with E-state index in [0.717, 1.165) is 63.2 Å². The molecule has 1 amide bonds. The van der Waals surface area contributed by atoms with Crippen LogP contribution in [0.5, 0.6) is 5.88 Å². The number of nitrogens with zero attached hydrogens (tertiary/aromatic N) is 6. The fourth-order valence-electron chi connectivity index (χ4n) is 5.91. The van der Waals surface area contributed by atoms with Crippen LogP contribution < -0.4 is 15.0 Å². The molecule has 0 bridgehead atoms. The molecule has 0 spiro atoms. The van der Waals surface area contributed by atoms with Crippen LogP contribution >= 0.6 is 0 Å². The van der Waals surface area contributed by atoms with Crippen molar-refractivity contribution in [2.75, 3.05) is 62.8 Å². The zero-order valence-electron chi connectivity index (χ0n) is 24.2. The van der Waals surface area contributed by atoms with Crippen LogP contribution in [0, 0.1) is 6.92 Å². The smallest absolute Gasteiger partial charge is 0.300 e. The van der Waals surface area contributed by atoms with Gasteiger partial charge < -0.3 is 33.3 Å². The molecular weight excluding hydrogens is 554 g/mol. The van der Waals surface area contributed by atoms with Crippen molar-refractivity contribution in [2.45, 2.75) is 44.8 Å². The van der Waals surface area contributed by atoms with E-state index in [1.54, 1.807) is 18.3 Å². The number of carbonyl (C=O) groups is 1. The van der Waals surface area contributed by atoms with Crippen molar-refractivity contribution in [1.29, 1.82) is 0 Å². The average Bonchev–Trinajstić information content (AvgIpc) is 3.70. The van der Waals surface area contributed by atoms with Gasteiger partial charge in [-0.2, -0.15) is 9.97 Å². The summed E-state index contributed by atoms with van der Waals surface area (Å²) in [4.78, 5) is 35.9. The molecule has 13 nitrogen and oxygen atoms in total. The Kier molecular flexibility index (Phi) is 7.92. The van der Waals surface area contributed by atoms with Gasteiger partial charge in [0.25, 0.3) is 11.9 Å². The molecule has 6 heterocycles. The van der Waals surface area contributed by atoms with Gasteiger partial charge in [-0.3, -0.25) is 14.7 Å².